The number of nitro groups is 1. The summed E-state index contributed by atoms with van der Waals surface area (Å²) in [5.41, 5.74) is 2.26. The van der Waals surface area contributed by atoms with Crippen molar-refractivity contribution in [2.75, 3.05) is 63.2 Å². The Kier molecular flexibility index (Phi) is 13.1. The van der Waals surface area contributed by atoms with E-state index in [9.17, 15) is 37.6 Å². The first kappa shape index (κ1) is 49.1. The van der Waals surface area contributed by atoms with E-state index < -0.39 is 42.9 Å². The molecule has 4 fully saturated rings. The van der Waals surface area contributed by atoms with Gasteiger partial charge in [-0.15, -0.1) is 0 Å². The number of amides is 2. The van der Waals surface area contributed by atoms with Crippen molar-refractivity contribution in [1.29, 1.82) is 0 Å². The monoisotopic (exact) mass is 1010 g/mol. The number of anilines is 2. The van der Waals surface area contributed by atoms with E-state index in [0.717, 1.165) is 50.2 Å². The lowest BCUT2D eigenvalue weighted by Gasteiger charge is -2.59. The minimum absolute atomic E-state index is 0.0161. The summed E-state index contributed by atoms with van der Waals surface area (Å²) in [5.74, 6) is -1.05. The Labute approximate surface area is 417 Å². The van der Waals surface area contributed by atoms with Crippen LogP contribution in [-0.2, 0) is 14.8 Å². The van der Waals surface area contributed by atoms with Gasteiger partial charge in [0.25, 0.3) is 21.6 Å². The molecule has 6 heterocycles. The number of hydrogen-bond acceptors (Lipinski definition) is 14. The number of aliphatic hydroxyl groups is 1. The molecule has 72 heavy (non-hydrogen) atoms. The molecule has 3 saturated heterocycles. The van der Waals surface area contributed by atoms with Crippen LogP contribution < -0.4 is 24.4 Å². The smallest absolute Gasteiger partial charge is 0.409 e. The molecule has 2 aromatic heterocycles. The number of likely N-dealkylation sites (tertiary alicyclic amines) is 2. The Bertz CT molecular complexity index is 3010. The number of aromatic nitrogens is 2. The van der Waals surface area contributed by atoms with Gasteiger partial charge in [-0.2, -0.15) is 0 Å². The third-order valence-corrected chi connectivity index (χ3v) is 17.2. The van der Waals surface area contributed by atoms with Crippen molar-refractivity contribution in [2.24, 2.45) is 11.3 Å². The van der Waals surface area contributed by atoms with E-state index >= 15 is 0 Å². The van der Waals surface area contributed by atoms with Crippen LogP contribution in [0.3, 0.4) is 0 Å². The summed E-state index contributed by atoms with van der Waals surface area (Å²) in [6.45, 7) is 10.8. The number of methoxy groups -OCH3 is 1. The number of fused-ring (bicyclic) bond motifs is 2. The number of nitrogens with one attached hydrogen (secondary N) is 3. The number of carbonyl (C=O) groups is 2. The fraction of sp³-hybridized carbons (Fsp3) is 0.481. The van der Waals surface area contributed by atoms with Gasteiger partial charge in [0.05, 0.1) is 45.7 Å². The lowest BCUT2D eigenvalue weighted by molar-refractivity contribution is -0.384. The highest BCUT2D eigenvalue weighted by Gasteiger charge is 2.50. The topological polar surface area (TPSA) is 222 Å². The number of benzene rings is 3. The molecule has 4 aliphatic heterocycles. The van der Waals surface area contributed by atoms with Crippen molar-refractivity contribution in [3.63, 3.8) is 0 Å². The predicted molar refractivity (Wildman–Crippen MR) is 267 cm³/mol. The lowest BCUT2D eigenvalue weighted by Crippen LogP contribution is -2.65. The number of halogens is 1. The molecule has 3 aromatic carbocycles. The van der Waals surface area contributed by atoms with Gasteiger partial charge in [-0.05, 0) is 98.4 Å². The molecule has 2 amide bonds. The second kappa shape index (κ2) is 19.2. The summed E-state index contributed by atoms with van der Waals surface area (Å²) < 4.78 is 62.2. The largest absolute Gasteiger partial charge is 0.489 e. The number of sulfonamides is 1. The van der Waals surface area contributed by atoms with Gasteiger partial charge in [0.1, 0.15) is 29.6 Å². The number of H-pyrrole nitrogens is 1. The molecule has 18 nitrogen and oxygen atoms in total. The number of nitrogens with zero attached hydrogens (tertiary/aromatic N) is 5. The van der Waals surface area contributed by atoms with Crippen LogP contribution in [0.2, 0.25) is 0 Å². The SMILES string of the molecule is COC(=O)N1CC[C@@H](N2CC3(CCN(c4ccc(C(=O)NS(=O)(=O)c5cc6c(c([N+](=O)[O-])c5)N[C@@H](C5CCC(C)(O)CC5)CO6)c(Oc5cnc6[nH]cc(F)c6c5)c4)CC3)C2)[C@@H](c2ccccc2C(C)C)C1. The van der Waals surface area contributed by atoms with Gasteiger partial charge >= 0.3 is 6.09 Å². The third-order valence-electron chi connectivity index (χ3n) is 15.9. The van der Waals surface area contributed by atoms with Crippen molar-refractivity contribution < 1.29 is 46.6 Å². The number of nitro benzene ring substituents is 1. The molecule has 5 aromatic rings. The molecule has 4 N–H and O–H groups in total. The molecule has 1 saturated carbocycles. The minimum atomic E-state index is -4.75. The maximum absolute atomic E-state index is 14.7. The van der Waals surface area contributed by atoms with E-state index in [1.54, 1.807) is 19.1 Å². The highest BCUT2D eigenvalue weighted by molar-refractivity contribution is 7.90. The summed E-state index contributed by atoms with van der Waals surface area (Å²) >= 11 is 0. The van der Waals surface area contributed by atoms with E-state index in [0.29, 0.717) is 57.8 Å². The van der Waals surface area contributed by atoms with Crippen LogP contribution in [-0.4, -0.2) is 121 Å². The maximum Gasteiger partial charge on any atom is 0.409 e. The van der Waals surface area contributed by atoms with Gasteiger partial charge in [-0.1, -0.05) is 38.1 Å². The zero-order valence-electron chi connectivity index (χ0n) is 40.9. The number of piperidine rings is 2. The van der Waals surface area contributed by atoms with Gasteiger partial charge < -0.3 is 39.4 Å². The van der Waals surface area contributed by atoms with Gasteiger partial charge in [-0.25, -0.2) is 27.3 Å². The van der Waals surface area contributed by atoms with Crippen LogP contribution in [0, 0.1) is 27.3 Å². The fourth-order valence-electron chi connectivity index (χ4n) is 11.8. The van der Waals surface area contributed by atoms with Gasteiger partial charge in [0.15, 0.2) is 11.4 Å². The highest BCUT2D eigenvalue weighted by Crippen LogP contribution is 2.48. The molecule has 20 heteroatoms. The molecule has 1 spiro atoms. The highest BCUT2D eigenvalue weighted by atomic mass is 32.2. The van der Waals surface area contributed by atoms with Crippen LogP contribution in [0.15, 0.2) is 78.0 Å². The van der Waals surface area contributed by atoms with Crippen molar-refractivity contribution in [3.05, 3.63) is 106 Å². The van der Waals surface area contributed by atoms with Gasteiger partial charge in [-0.3, -0.25) is 19.8 Å². The van der Waals surface area contributed by atoms with Gasteiger partial charge in [0, 0.05) is 81.3 Å². The minimum Gasteiger partial charge on any atom is -0.489 e. The van der Waals surface area contributed by atoms with E-state index in [2.05, 4.69) is 67.9 Å². The van der Waals surface area contributed by atoms with Crippen molar-refractivity contribution in [3.8, 4) is 17.2 Å². The number of carbonyl (C=O) groups excluding carboxylic acids is 2. The number of ether oxygens (including phenoxy) is 3. The number of rotatable bonds is 11. The summed E-state index contributed by atoms with van der Waals surface area (Å²) in [6.07, 6.45) is 7.39. The molecule has 382 valence electrons. The van der Waals surface area contributed by atoms with Crippen LogP contribution in [0.1, 0.15) is 99.0 Å². The molecule has 3 atom stereocenters. The van der Waals surface area contributed by atoms with Crippen molar-refractivity contribution >= 4 is 50.1 Å². The van der Waals surface area contributed by atoms with Crippen LogP contribution in [0.4, 0.5) is 26.2 Å². The maximum atomic E-state index is 14.7. The second-order valence-corrected chi connectivity index (χ2v) is 22.6. The summed E-state index contributed by atoms with van der Waals surface area (Å²) in [5, 5.41) is 26.2. The zero-order chi connectivity index (χ0) is 50.7. The van der Waals surface area contributed by atoms with Crippen molar-refractivity contribution in [1.82, 2.24) is 24.5 Å². The summed E-state index contributed by atoms with van der Waals surface area (Å²) in [7, 11) is -3.32. The van der Waals surface area contributed by atoms with Gasteiger partial charge in [0.2, 0.25) is 0 Å². The first-order valence-electron chi connectivity index (χ1n) is 24.8. The summed E-state index contributed by atoms with van der Waals surface area (Å²) in [4.78, 5) is 51.7. The molecule has 1 aliphatic carbocycles. The average Bonchev–Trinajstić information content (AvgIpc) is 3.73. The molecule has 5 aliphatic rings. The summed E-state index contributed by atoms with van der Waals surface area (Å²) in [6, 6.07) is 16.9. The zero-order valence-corrected chi connectivity index (χ0v) is 41.7. The first-order chi connectivity index (χ1) is 34.4. The van der Waals surface area contributed by atoms with E-state index in [1.165, 1.54) is 42.8 Å². The Morgan fingerprint density at radius 3 is 2.50 bits per heavy atom. The van der Waals surface area contributed by atoms with Crippen LogP contribution >= 0.6 is 0 Å². The molecule has 0 unspecified atom stereocenters. The molecular weight excluding hydrogens is 948 g/mol. The van der Waals surface area contributed by atoms with E-state index in [4.69, 9.17) is 14.2 Å². The quantitative estimate of drug-likeness (QED) is 0.0723. The number of hydrogen-bond donors (Lipinski definition) is 4. The third kappa shape index (κ3) is 9.63. The number of aromatic amines is 1. The fourth-order valence-corrected chi connectivity index (χ4v) is 12.8. The van der Waals surface area contributed by atoms with E-state index in [-0.39, 0.29) is 81.6 Å². The first-order valence-corrected chi connectivity index (χ1v) is 26.2. The molecule has 10 rings (SSSR count). The average molecular weight is 1010 g/mol. The Hall–Kier alpha value is -6.51. The Morgan fingerprint density at radius 2 is 1.78 bits per heavy atom. The van der Waals surface area contributed by atoms with Crippen molar-refractivity contribution in [2.45, 2.75) is 100 Å². The Balaban J connectivity index is 0.863. The Morgan fingerprint density at radius 1 is 1.03 bits per heavy atom. The van der Waals surface area contributed by atoms with Crippen LogP contribution in [0.5, 0.6) is 17.2 Å². The molecule has 0 bridgehead atoms. The van der Waals surface area contributed by atoms with E-state index in [1.807, 2.05) is 4.90 Å². The standard InChI is InChI=1S/C52H61FN8O10S/c1-31(2)36-7-5-6-8-37(36)40-27-59(50(63)69-4)18-13-43(40)60-29-52(30-60)16-19-58(20-17-52)33-9-10-38(45(21-33)71-34-22-39-41(53)26-55-48(39)54-25-34)49(62)57-72(67,68)35-23-44(61(65)66)47-46(24-35)70-28-42(56-47)32-11-14-51(3,64)15-12-32/h5-10,21-26,31-32,40,42-43,56,64H,11-20,27-30H2,1-4H3,(H,54,55)(H,57,62)/t32?,40-,42-,43-,51?/m1/s1. The normalized spacial score (nSPS) is 24.2. The predicted octanol–water partition coefficient (Wildman–Crippen LogP) is 8.29. The molecule has 0 radical (unpaired) electrons. The number of pyridine rings is 1. The molecular formula is C52H61FN8O10S. The van der Waals surface area contributed by atoms with Crippen LogP contribution in [0.25, 0.3) is 11.0 Å². The lowest BCUT2D eigenvalue weighted by atomic mass is 9.69. The second-order valence-electron chi connectivity index (χ2n) is 20.9.